The van der Waals surface area contributed by atoms with Gasteiger partial charge in [-0.2, -0.15) is 4.99 Å². The summed E-state index contributed by atoms with van der Waals surface area (Å²) in [4.78, 5) is 16.6. The molecule has 0 saturated heterocycles. The molecule has 0 aliphatic carbocycles. The van der Waals surface area contributed by atoms with E-state index in [0.29, 0.717) is 12.1 Å². The summed E-state index contributed by atoms with van der Waals surface area (Å²) in [5, 5.41) is 0.267. The summed E-state index contributed by atoms with van der Waals surface area (Å²) in [7, 11) is 0. The van der Waals surface area contributed by atoms with Crippen LogP contribution in [0.15, 0.2) is 23.2 Å². The molecule has 0 bridgehead atoms. The number of halogens is 2. The summed E-state index contributed by atoms with van der Waals surface area (Å²) in [6.07, 6.45) is 0. The van der Waals surface area contributed by atoms with E-state index in [4.69, 9.17) is 17.3 Å². The van der Waals surface area contributed by atoms with Crippen LogP contribution in [0.1, 0.15) is 18.5 Å². The minimum absolute atomic E-state index is 0.165. The van der Waals surface area contributed by atoms with Crippen LogP contribution in [0, 0.1) is 5.82 Å². The fourth-order valence-electron chi connectivity index (χ4n) is 1.91. The number of nitrogens with zero attached hydrogens (tertiary/aromatic N) is 2. The number of hydrogen-bond acceptors (Lipinski definition) is 2. The first-order chi connectivity index (χ1) is 8.02. The maximum absolute atomic E-state index is 13.3. The van der Waals surface area contributed by atoms with Gasteiger partial charge in [0, 0.05) is 11.6 Å². The Hall–Kier alpha value is -1.62. The van der Waals surface area contributed by atoms with Gasteiger partial charge in [0.25, 0.3) is 0 Å². The molecule has 0 aromatic heterocycles. The number of rotatable bonds is 2. The van der Waals surface area contributed by atoms with E-state index in [0.717, 1.165) is 0 Å². The van der Waals surface area contributed by atoms with Crippen molar-refractivity contribution in [2.45, 2.75) is 13.0 Å². The topological polar surface area (TPSA) is 58.7 Å². The van der Waals surface area contributed by atoms with E-state index in [-0.39, 0.29) is 10.9 Å². The molecule has 0 spiro atoms. The van der Waals surface area contributed by atoms with Crippen molar-refractivity contribution >= 4 is 23.5 Å². The molecule has 1 aromatic rings. The maximum atomic E-state index is 13.3. The predicted molar refractivity (Wildman–Crippen MR) is 63.5 cm³/mol. The number of amides is 2. The second-order valence-corrected chi connectivity index (χ2v) is 4.15. The fourth-order valence-corrected chi connectivity index (χ4v) is 2.14. The van der Waals surface area contributed by atoms with E-state index < -0.39 is 17.9 Å². The van der Waals surface area contributed by atoms with E-state index in [1.165, 1.54) is 17.0 Å². The highest BCUT2D eigenvalue weighted by Gasteiger charge is 2.33. The molecule has 2 N–H and O–H groups in total. The molecule has 1 heterocycles. The Morgan fingerprint density at radius 1 is 1.53 bits per heavy atom. The second kappa shape index (κ2) is 4.33. The van der Waals surface area contributed by atoms with Crippen LogP contribution in [0.3, 0.4) is 0 Å². The van der Waals surface area contributed by atoms with Crippen LogP contribution in [0.5, 0.6) is 0 Å². The van der Waals surface area contributed by atoms with E-state index in [1.54, 1.807) is 13.0 Å². The zero-order chi connectivity index (χ0) is 12.6. The first-order valence-corrected chi connectivity index (χ1v) is 5.51. The van der Waals surface area contributed by atoms with Crippen molar-refractivity contribution in [3.8, 4) is 0 Å². The molecule has 6 heteroatoms. The number of likely N-dealkylation sites (N-methyl/N-ethyl adjacent to an activating group) is 1. The van der Waals surface area contributed by atoms with Gasteiger partial charge in [0.2, 0.25) is 0 Å². The molecule has 1 aliphatic heterocycles. The minimum Gasteiger partial charge on any atom is -0.385 e. The van der Waals surface area contributed by atoms with Gasteiger partial charge in [-0.3, -0.25) is 0 Å². The number of aliphatic imine (C=N–C) groups is 1. The van der Waals surface area contributed by atoms with Crippen molar-refractivity contribution in [2.24, 2.45) is 10.7 Å². The quantitative estimate of drug-likeness (QED) is 0.882. The predicted octanol–water partition coefficient (Wildman–Crippen LogP) is 2.33. The molecular weight excluding hydrogens is 245 g/mol. The number of hydrogen-bond donors (Lipinski definition) is 1. The van der Waals surface area contributed by atoms with Gasteiger partial charge in [0.05, 0.1) is 0 Å². The summed E-state index contributed by atoms with van der Waals surface area (Å²) >= 11 is 5.78. The summed E-state index contributed by atoms with van der Waals surface area (Å²) in [5.74, 6) is -0.297. The zero-order valence-corrected chi connectivity index (χ0v) is 9.91. The van der Waals surface area contributed by atoms with Crippen LogP contribution in [0.4, 0.5) is 9.18 Å². The average molecular weight is 256 g/mol. The molecule has 1 aliphatic rings. The molecule has 2 rings (SSSR count). The average Bonchev–Trinajstić information content (AvgIpc) is 2.51. The first kappa shape index (κ1) is 11.9. The Bertz CT molecular complexity index is 483. The third-order valence-electron chi connectivity index (χ3n) is 2.60. The van der Waals surface area contributed by atoms with E-state index in [2.05, 4.69) is 4.99 Å². The van der Waals surface area contributed by atoms with Crippen LogP contribution >= 0.6 is 11.6 Å². The van der Waals surface area contributed by atoms with Gasteiger partial charge in [-0.05, 0) is 30.7 Å². The van der Waals surface area contributed by atoms with E-state index in [1.807, 2.05) is 0 Å². The minimum atomic E-state index is -0.527. The van der Waals surface area contributed by atoms with Crippen LogP contribution in [-0.4, -0.2) is 23.3 Å². The molecule has 4 nitrogen and oxygen atoms in total. The maximum Gasteiger partial charge on any atom is 0.346 e. The summed E-state index contributed by atoms with van der Waals surface area (Å²) in [5.41, 5.74) is 6.22. The van der Waals surface area contributed by atoms with Crippen LogP contribution in [-0.2, 0) is 0 Å². The lowest BCUT2D eigenvalue weighted by Crippen LogP contribution is -2.33. The Kier molecular flexibility index (Phi) is 3.02. The van der Waals surface area contributed by atoms with Gasteiger partial charge < -0.3 is 10.6 Å². The molecule has 1 unspecified atom stereocenters. The first-order valence-electron chi connectivity index (χ1n) is 5.13. The molecule has 1 atom stereocenters. The van der Waals surface area contributed by atoms with Crippen molar-refractivity contribution < 1.29 is 9.18 Å². The number of amidine groups is 1. The SMILES string of the molecule is CCN1C(=O)N=C(N)C1c1cc(F)cc(Cl)c1. The Labute approximate surface area is 103 Å². The molecule has 90 valence electrons. The monoisotopic (exact) mass is 255 g/mol. The summed E-state index contributed by atoms with van der Waals surface area (Å²) in [6.45, 7) is 2.25. The smallest absolute Gasteiger partial charge is 0.346 e. The molecule has 0 fully saturated rings. The lowest BCUT2D eigenvalue weighted by atomic mass is 10.1. The van der Waals surface area contributed by atoms with E-state index >= 15 is 0 Å². The molecular formula is C11H11ClFN3O. The standard InChI is InChI=1S/C11H11ClFN3O/c1-2-16-9(10(14)15-11(16)17)6-3-7(12)5-8(13)4-6/h3-5,9H,2H2,1H3,(H2,14,15,17). The molecule has 0 radical (unpaired) electrons. The van der Waals surface area contributed by atoms with Gasteiger partial charge in [-0.25, -0.2) is 9.18 Å². The lowest BCUT2D eigenvalue weighted by molar-refractivity contribution is 0.209. The van der Waals surface area contributed by atoms with Crippen LogP contribution < -0.4 is 5.73 Å². The number of urea groups is 1. The highest BCUT2D eigenvalue weighted by atomic mass is 35.5. The Balaban J connectivity index is 2.45. The zero-order valence-electron chi connectivity index (χ0n) is 9.15. The molecule has 2 amide bonds. The summed E-state index contributed by atoms with van der Waals surface area (Å²) in [6, 6.07) is 3.15. The molecule has 0 saturated carbocycles. The molecule has 1 aromatic carbocycles. The van der Waals surface area contributed by atoms with Gasteiger partial charge in [-0.1, -0.05) is 11.6 Å². The van der Waals surface area contributed by atoms with Crippen LogP contribution in [0.25, 0.3) is 0 Å². The Morgan fingerprint density at radius 3 is 2.82 bits per heavy atom. The van der Waals surface area contributed by atoms with Crippen molar-refractivity contribution in [3.63, 3.8) is 0 Å². The van der Waals surface area contributed by atoms with E-state index in [9.17, 15) is 9.18 Å². The molecule has 17 heavy (non-hydrogen) atoms. The van der Waals surface area contributed by atoms with Crippen molar-refractivity contribution in [1.82, 2.24) is 4.90 Å². The number of nitrogens with two attached hydrogens (primary N) is 1. The largest absolute Gasteiger partial charge is 0.385 e. The van der Waals surface area contributed by atoms with Crippen LogP contribution in [0.2, 0.25) is 5.02 Å². The van der Waals surface area contributed by atoms with Gasteiger partial charge in [-0.15, -0.1) is 0 Å². The van der Waals surface area contributed by atoms with Crippen molar-refractivity contribution in [3.05, 3.63) is 34.6 Å². The van der Waals surface area contributed by atoms with Gasteiger partial charge >= 0.3 is 6.03 Å². The summed E-state index contributed by atoms with van der Waals surface area (Å²) < 4.78 is 13.3. The highest BCUT2D eigenvalue weighted by molar-refractivity contribution is 6.30. The van der Waals surface area contributed by atoms with Crippen molar-refractivity contribution in [1.29, 1.82) is 0 Å². The lowest BCUT2D eigenvalue weighted by Gasteiger charge is -2.23. The number of benzene rings is 1. The van der Waals surface area contributed by atoms with Gasteiger partial charge in [0.1, 0.15) is 17.7 Å². The van der Waals surface area contributed by atoms with Gasteiger partial charge in [0.15, 0.2) is 0 Å². The van der Waals surface area contributed by atoms with Crippen molar-refractivity contribution in [2.75, 3.05) is 6.54 Å². The third-order valence-corrected chi connectivity index (χ3v) is 2.82. The third kappa shape index (κ3) is 2.10. The normalized spacial score (nSPS) is 19.7. The number of carbonyl (C=O) groups excluding carboxylic acids is 1. The Morgan fingerprint density at radius 2 is 2.24 bits per heavy atom. The highest BCUT2D eigenvalue weighted by Crippen LogP contribution is 2.28. The number of carbonyl (C=O) groups is 1. The fraction of sp³-hybridized carbons (Fsp3) is 0.273. The second-order valence-electron chi connectivity index (χ2n) is 3.71.